The number of carbonyl (C=O) groups is 2. The second-order valence-electron chi connectivity index (χ2n) is 3.40. The fourth-order valence-electron chi connectivity index (χ4n) is 1.23. The minimum atomic E-state index is -2.58. The van der Waals surface area contributed by atoms with Gasteiger partial charge in [-0.15, -0.1) is 0 Å². The van der Waals surface area contributed by atoms with Crippen LogP contribution in [0.4, 0.5) is 0 Å². The van der Waals surface area contributed by atoms with Crippen LogP contribution < -0.4 is 0 Å². The van der Waals surface area contributed by atoms with Crippen LogP contribution in [0.2, 0.25) is 6.04 Å². The van der Waals surface area contributed by atoms with Gasteiger partial charge in [0.05, 0.1) is 12.4 Å². The topological polar surface area (TPSA) is 71.1 Å². The molecule has 0 aromatic heterocycles. The predicted octanol–water partition coefficient (Wildman–Crippen LogP) is 1.08. The summed E-state index contributed by atoms with van der Waals surface area (Å²) in [4.78, 5) is 21.8. The molecule has 0 aliphatic rings. The number of thioether (sulfide) groups is 1. The first-order valence-electron chi connectivity index (χ1n) is 5.44. The van der Waals surface area contributed by atoms with Crippen molar-refractivity contribution in [1.29, 1.82) is 0 Å². The molecule has 6 nitrogen and oxygen atoms in total. The fourth-order valence-corrected chi connectivity index (χ4v) is 3.33. The predicted molar refractivity (Wildman–Crippen MR) is 70.3 cm³/mol. The molecule has 18 heavy (non-hydrogen) atoms. The summed E-state index contributed by atoms with van der Waals surface area (Å²) < 4.78 is 20.6. The van der Waals surface area contributed by atoms with Crippen LogP contribution in [0.25, 0.3) is 0 Å². The van der Waals surface area contributed by atoms with Gasteiger partial charge in [0.1, 0.15) is 0 Å². The minimum Gasteiger partial charge on any atom is -0.465 e. The van der Waals surface area contributed by atoms with Crippen molar-refractivity contribution in [1.82, 2.24) is 0 Å². The first-order chi connectivity index (χ1) is 8.49. The lowest BCUT2D eigenvalue weighted by atomic mass is 10.5. The van der Waals surface area contributed by atoms with Gasteiger partial charge >= 0.3 is 14.8 Å². The van der Waals surface area contributed by atoms with Crippen LogP contribution in [0.1, 0.15) is 13.3 Å². The Morgan fingerprint density at radius 2 is 1.67 bits per heavy atom. The van der Waals surface area contributed by atoms with Crippen LogP contribution in [0, 0.1) is 0 Å². The Labute approximate surface area is 113 Å². The molecule has 0 saturated carbocycles. The Morgan fingerprint density at radius 3 is 2.11 bits per heavy atom. The molecule has 0 aromatic rings. The van der Waals surface area contributed by atoms with Crippen molar-refractivity contribution in [3.63, 3.8) is 0 Å². The summed E-state index contributed by atoms with van der Waals surface area (Å²) in [5.74, 6) is -0.341. The molecule has 0 atom stereocenters. The molecule has 0 aliphatic heterocycles. The van der Waals surface area contributed by atoms with Crippen molar-refractivity contribution in [3.8, 4) is 0 Å². The van der Waals surface area contributed by atoms with Crippen molar-refractivity contribution >= 4 is 31.7 Å². The van der Waals surface area contributed by atoms with Gasteiger partial charge in [0.15, 0.2) is 5.12 Å². The highest BCUT2D eigenvalue weighted by Gasteiger charge is 2.36. The zero-order valence-corrected chi connectivity index (χ0v) is 13.0. The van der Waals surface area contributed by atoms with Gasteiger partial charge < -0.3 is 18.0 Å². The lowest BCUT2D eigenvalue weighted by Crippen LogP contribution is -2.42. The van der Waals surface area contributed by atoms with E-state index >= 15 is 0 Å². The van der Waals surface area contributed by atoms with Gasteiger partial charge in [-0.05, 0) is 6.42 Å². The molecule has 106 valence electrons. The quantitative estimate of drug-likeness (QED) is 0.358. The Hall–Kier alpha value is -0.413. The average Bonchev–Trinajstić information content (AvgIpc) is 2.37. The Morgan fingerprint density at radius 1 is 1.11 bits per heavy atom. The summed E-state index contributed by atoms with van der Waals surface area (Å²) in [6, 6.07) is 0.573. The number of esters is 1. The third-order valence-corrected chi connectivity index (χ3v) is 5.84. The van der Waals surface area contributed by atoms with E-state index in [1.165, 1.54) is 28.3 Å². The summed E-state index contributed by atoms with van der Waals surface area (Å²) in [7, 11) is 2.03. The summed E-state index contributed by atoms with van der Waals surface area (Å²) in [5.41, 5.74) is 0. The molecule has 0 saturated heterocycles. The van der Waals surface area contributed by atoms with Crippen LogP contribution in [-0.2, 0) is 27.6 Å². The molecule has 0 radical (unpaired) electrons. The van der Waals surface area contributed by atoms with Crippen LogP contribution in [0.3, 0.4) is 0 Å². The van der Waals surface area contributed by atoms with Crippen molar-refractivity contribution in [2.24, 2.45) is 0 Å². The molecule has 0 fully saturated rings. The summed E-state index contributed by atoms with van der Waals surface area (Å²) in [6.07, 6.45) is 0.595. The van der Waals surface area contributed by atoms with E-state index in [-0.39, 0.29) is 17.5 Å². The largest absolute Gasteiger partial charge is 0.500 e. The standard InChI is InChI=1S/C10H20O6SSi/c1-9(11)17-8-10(12)16-6-5-7-18(13-2,14-3)15-4/h5-8H2,1-4H3. The average molecular weight is 296 g/mol. The van der Waals surface area contributed by atoms with Crippen LogP contribution in [-0.4, -0.2) is 53.6 Å². The molecule has 0 aliphatic carbocycles. The zero-order chi connectivity index (χ0) is 14.0. The third-order valence-electron chi connectivity index (χ3n) is 2.22. The van der Waals surface area contributed by atoms with E-state index in [0.29, 0.717) is 12.5 Å². The summed E-state index contributed by atoms with van der Waals surface area (Å²) in [5, 5.41) is -0.100. The van der Waals surface area contributed by atoms with E-state index in [9.17, 15) is 9.59 Å². The molecular weight excluding hydrogens is 276 g/mol. The minimum absolute atomic E-state index is 0.0523. The Kier molecular flexibility index (Phi) is 9.29. The lowest BCUT2D eigenvalue weighted by Gasteiger charge is -2.24. The highest BCUT2D eigenvalue weighted by Crippen LogP contribution is 2.14. The van der Waals surface area contributed by atoms with Crippen molar-refractivity contribution < 1.29 is 27.6 Å². The SMILES string of the molecule is CO[Si](CCCOC(=O)CSC(C)=O)(OC)OC. The highest BCUT2D eigenvalue weighted by atomic mass is 32.2. The molecule has 0 unspecified atom stereocenters. The van der Waals surface area contributed by atoms with Crippen molar-refractivity contribution in [3.05, 3.63) is 0 Å². The Balaban J connectivity index is 3.78. The molecule has 0 bridgehead atoms. The van der Waals surface area contributed by atoms with Crippen molar-refractivity contribution in [2.75, 3.05) is 33.7 Å². The number of hydrogen-bond acceptors (Lipinski definition) is 7. The van der Waals surface area contributed by atoms with E-state index in [1.807, 2.05) is 0 Å². The lowest BCUT2D eigenvalue weighted by molar-refractivity contribution is -0.140. The van der Waals surface area contributed by atoms with E-state index in [1.54, 1.807) is 0 Å². The van der Waals surface area contributed by atoms with Gasteiger partial charge in [-0.3, -0.25) is 9.59 Å². The second kappa shape index (κ2) is 9.51. The number of carbonyl (C=O) groups excluding carboxylic acids is 2. The first kappa shape index (κ1) is 17.6. The van der Waals surface area contributed by atoms with E-state index in [4.69, 9.17) is 18.0 Å². The Bertz CT molecular complexity index is 261. The van der Waals surface area contributed by atoms with Gasteiger partial charge in [-0.1, -0.05) is 11.8 Å². The van der Waals surface area contributed by atoms with Gasteiger partial charge in [-0.25, -0.2) is 0 Å². The van der Waals surface area contributed by atoms with E-state index in [2.05, 4.69) is 0 Å². The van der Waals surface area contributed by atoms with Crippen molar-refractivity contribution in [2.45, 2.75) is 19.4 Å². The molecular formula is C10H20O6SSi. The zero-order valence-electron chi connectivity index (χ0n) is 11.2. The highest BCUT2D eigenvalue weighted by molar-refractivity contribution is 8.14. The maximum absolute atomic E-state index is 11.2. The molecule has 0 amide bonds. The van der Waals surface area contributed by atoms with Crippen LogP contribution >= 0.6 is 11.8 Å². The molecule has 8 heteroatoms. The number of ether oxygens (including phenoxy) is 1. The van der Waals surface area contributed by atoms with E-state index in [0.717, 1.165) is 11.8 Å². The monoisotopic (exact) mass is 296 g/mol. The fraction of sp³-hybridized carbons (Fsp3) is 0.800. The van der Waals surface area contributed by atoms with Crippen LogP contribution in [0.15, 0.2) is 0 Å². The molecule has 0 N–H and O–H groups in total. The number of hydrogen-bond donors (Lipinski definition) is 0. The molecule has 0 aromatic carbocycles. The molecule has 0 spiro atoms. The third kappa shape index (κ3) is 7.12. The molecule has 0 rings (SSSR count). The summed E-state index contributed by atoms with van der Waals surface area (Å²) >= 11 is 0.938. The maximum Gasteiger partial charge on any atom is 0.500 e. The van der Waals surface area contributed by atoms with Gasteiger partial charge in [0, 0.05) is 34.3 Å². The van der Waals surface area contributed by atoms with Gasteiger partial charge in [0.2, 0.25) is 0 Å². The summed E-state index contributed by atoms with van der Waals surface area (Å²) in [6.45, 7) is 1.68. The normalized spacial score (nSPS) is 11.3. The molecule has 0 heterocycles. The second-order valence-corrected chi connectivity index (χ2v) is 7.64. The maximum atomic E-state index is 11.2. The smallest absolute Gasteiger partial charge is 0.465 e. The van der Waals surface area contributed by atoms with E-state index < -0.39 is 14.8 Å². The number of rotatable bonds is 9. The van der Waals surface area contributed by atoms with Gasteiger partial charge in [-0.2, -0.15) is 0 Å². The first-order valence-corrected chi connectivity index (χ1v) is 8.36. The van der Waals surface area contributed by atoms with Crippen LogP contribution in [0.5, 0.6) is 0 Å². The van der Waals surface area contributed by atoms with Gasteiger partial charge in [0.25, 0.3) is 0 Å².